The molecule has 1 aromatic carbocycles. The van der Waals surface area contributed by atoms with Gasteiger partial charge in [-0.1, -0.05) is 11.6 Å². The van der Waals surface area contributed by atoms with Gasteiger partial charge in [0.05, 0.1) is 38.3 Å². The van der Waals surface area contributed by atoms with Gasteiger partial charge in [0, 0.05) is 12.3 Å². The smallest absolute Gasteiger partial charge is 0.279 e. The summed E-state index contributed by atoms with van der Waals surface area (Å²) < 4.78 is 10.6. The molecule has 0 radical (unpaired) electrons. The third-order valence-electron chi connectivity index (χ3n) is 4.83. The lowest BCUT2D eigenvalue weighted by Crippen LogP contribution is -3.15. The van der Waals surface area contributed by atoms with Gasteiger partial charge in [-0.25, -0.2) is 0 Å². The number of nitrogens with zero attached hydrogens (tertiary/aromatic N) is 1. The van der Waals surface area contributed by atoms with Gasteiger partial charge in [0.2, 0.25) is 0 Å². The summed E-state index contributed by atoms with van der Waals surface area (Å²) in [6.45, 7) is 3.89. The molecule has 3 rings (SSSR count). The molecule has 2 fully saturated rings. The van der Waals surface area contributed by atoms with Gasteiger partial charge >= 0.3 is 0 Å². The Morgan fingerprint density at radius 3 is 2.77 bits per heavy atom. The number of piperazine rings is 1. The van der Waals surface area contributed by atoms with Crippen LogP contribution in [0.5, 0.6) is 5.75 Å². The van der Waals surface area contributed by atoms with Crippen LogP contribution in [0.3, 0.4) is 0 Å². The van der Waals surface area contributed by atoms with Gasteiger partial charge in [-0.3, -0.25) is 9.59 Å². The Balaban J connectivity index is 1.44. The summed E-state index contributed by atoms with van der Waals surface area (Å²) in [5.74, 6) is 0.598. The van der Waals surface area contributed by atoms with Crippen molar-refractivity contribution in [3.8, 4) is 5.75 Å². The van der Waals surface area contributed by atoms with Crippen molar-refractivity contribution in [1.29, 1.82) is 0 Å². The standard InChI is InChI=1S/C18H24ClN3O4/c1-25-15-5-4-13(11-14(15)19)20-17(23)12-21-6-8-22(9-7-21)18(24)16-3-2-10-26-16/h4-5,11,16H,2-3,6-10,12H2,1H3,(H,20,23)/p+1/t16-/m0/s1. The summed E-state index contributed by atoms with van der Waals surface area (Å²) in [7, 11) is 1.55. The Bertz CT molecular complexity index is 656. The number of halogens is 1. The fourth-order valence-electron chi connectivity index (χ4n) is 3.37. The predicted octanol–water partition coefficient (Wildman–Crippen LogP) is 0.193. The zero-order chi connectivity index (χ0) is 18.5. The third kappa shape index (κ3) is 4.66. The van der Waals surface area contributed by atoms with Crippen molar-refractivity contribution >= 4 is 29.1 Å². The number of amides is 2. The summed E-state index contributed by atoms with van der Waals surface area (Å²) in [5.41, 5.74) is 0.646. The molecule has 1 atom stereocenters. The minimum absolute atomic E-state index is 0.0693. The lowest BCUT2D eigenvalue weighted by atomic mass is 10.2. The first-order valence-corrected chi connectivity index (χ1v) is 9.32. The fourth-order valence-corrected chi connectivity index (χ4v) is 3.63. The minimum Gasteiger partial charge on any atom is -0.495 e. The van der Waals surface area contributed by atoms with Crippen molar-refractivity contribution in [1.82, 2.24) is 4.90 Å². The molecule has 2 aliphatic rings. The first-order valence-electron chi connectivity index (χ1n) is 8.94. The molecule has 0 aromatic heterocycles. The van der Waals surface area contributed by atoms with E-state index in [1.165, 1.54) is 4.90 Å². The van der Waals surface area contributed by atoms with Crippen molar-refractivity contribution in [3.05, 3.63) is 23.2 Å². The van der Waals surface area contributed by atoms with Crippen LogP contribution in [0.4, 0.5) is 5.69 Å². The van der Waals surface area contributed by atoms with Gasteiger partial charge < -0.3 is 24.6 Å². The molecular formula is C18H25ClN3O4+. The number of benzene rings is 1. The molecule has 2 heterocycles. The number of rotatable bonds is 5. The van der Waals surface area contributed by atoms with Crippen molar-refractivity contribution in [2.45, 2.75) is 18.9 Å². The van der Waals surface area contributed by atoms with Gasteiger partial charge in [0.15, 0.2) is 6.54 Å². The Morgan fingerprint density at radius 1 is 1.38 bits per heavy atom. The van der Waals surface area contributed by atoms with Crippen LogP contribution in [0.15, 0.2) is 18.2 Å². The van der Waals surface area contributed by atoms with E-state index in [4.69, 9.17) is 21.1 Å². The molecule has 2 aliphatic heterocycles. The van der Waals surface area contributed by atoms with E-state index in [1.807, 2.05) is 4.90 Å². The van der Waals surface area contributed by atoms with E-state index in [1.54, 1.807) is 25.3 Å². The van der Waals surface area contributed by atoms with Crippen molar-refractivity contribution < 1.29 is 24.0 Å². The molecule has 2 amide bonds. The van der Waals surface area contributed by atoms with E-state index in [9.17, 15) is 9.59 Å². The average Bonchev–Trinajstić information content (AvgIpc) is 3.16. The van der Waals surface area contributed by atoms with Crippen LogP contribution in [0.2, 0.25) is 5.02 Å². The van der Waals surface area contributed by atoms with E-state index >= 15 is 0 Å². The van der Waals surface area contributed by atoms with Crippen LogP contribution >= 0.6 is 11.6 Å². The molecule has 0 spiro atoms. The van der Waals surface area contributed by atoms with Gasteiger partial charge in [-0.05, 0) is 31.0 Å². The number of carbonyl (C=O) groups is 2. The van der Waals surface area contributed by atoms with E-state index in [2.05, 4.69) is 5.32 Å². The molecule has 0 unspecified atom stereocenters. The van der Waals surface area contributed by atoms with Crippen LogP contribution in [0.25, 0.3) is 0 Å². The SMILES string of the molecule is COc1ccc(NC(=O)C[NH+]2CCN(C(=O)[C@@H]3CCCO3)CC2)cc1Cl. The Labute approximate surface area is 158 Å². The highest BCUT2D eigenvalue weighted by Gasteiger charge is 2.32. The van der Waals surface area contributed by atoms with Crippen LogP contribution in [0, 0.1) is 0 Å². The largest absolute Gasteiger partial charge is 0.495 e. The highest BCUT2D eigenvalue weighted by Crippen LogP contribution is 2.27. The second kappa shape index (κ2) is 8.70. The van der Waals surface area contributed by atoms with Gasteiger partial charge in [-0.2, -0.15) is 0 Å². The van der Waals surface area contributed by atoms with E-state index in [-0.39, 0.29) is 17.9 Å². The summed E-state index contributed by atoms with van der Waals surface area (Å²) in [6.07, 6.45) is 1.51. The molecule has 0 aliphatic carbocycles. The van der Waals surface area contributed by atoms with Crippen LogP contribution in [-0.2, 0) is 14.3 Å². The number of hydrogen-bond acceptors (Lipinski definition) is 4. The highest BCUT2D eigenvalue weighted by molar-refractivity contribution is 6.32. The monoisotopic (exact) mass is 382 g/mol. The molecule has 142 valence electrons. The number of ether oxygens (including phenoxy) is 2. The number of quaternary nitrogens is 1. The van der Waals surface area contributed by atoms with Crippen molar-refractivity contribution in [2.24, 2.45) is 0 Å². The van der Waals surface area contributed by atoms with Crippen LogP contribution < -0.4 is 15.0 Å². The lowest BCUT2D eigenvalue weighted by Gasteiger charge is -2.33. The molecule has 8 heteroatoms. The summed E-state index contributed by atoms with van der Waals surface area (Å²) in [4.78, 5) is 27.6. The molecule has 0 bridgehead atoms. The molecule has 2 N–H and O–H groups in total. The fraction of sp³-hybridized carbons (Fsp3) is 0.556. The Kier molecular flexibility index (Phi) is 6.34. The molecular weight excluding hydrogens is 358 g/mol. The first kappa shape index (κ1) is 18.9. The quantitative estimate of drug-likeness (QED) is 0.762. The van der Waals surface area contributed by atoms with Gasteiger partial charge in [0.25, 0.3) is 11.8 Å². The number of carbonyl (C=O) groups excluding carboxylic acids is 2. The molecule has 1 aromatic rings. The maximum atomic E-state index is 12.3. The van der Waals surface area contributed by atoms with Crippen LogP contribution in [0.1, 0.15) is 12.8 Å². The zero-order valence-electron chi connectivity index (χ0n) is 14.9. The minimum atomic E-state index is -0.264. The lowest BCUT2D eigenvalue weighted by molar-refractivity contribution is -0.895. The first-order chi connectivity index (χ1) is 12.6. The Morgan fingerprint density at radius 2 is 2.15 bits per heavy atom. The van der Waals surface area contributed by atoms with Gasteiger partial charge in [0.1, 0.15) is 11.9 Å². The topological polar surface area (TPSA) is 72.3 Å². The predicted molar refractivity (Wildman–Crippen MR) is 97.8 cm³/mol. The van der Waals surface area contributed by atoms with Crippen molar-refractivity contribution in [2.75, 3.05) is 51.8 Å². The van der Waals surface area contributed by atoms with Gasteiger partial charge in [-0.15, -0.1) is 0 Å². The number of anilines is 1. The average molecular weight is 383 g/mol. The number of nitrogens with one attached hydrogen (secondary N) is 2. The van der Waals surface area contributed by atoms with E-state index in [0.717, 1.165) is 25.9 Å². The van der Waals surface area contributed by atoms with E-state index in [0.29, 0.717) is 42.7 Å². The molecule has 26 heavy (non-hydrogen) atoms. The Hall–Kier alpha value is -1.83. The molecule has 0 saturated carbocycles. The third-order valence-corrected chi connectivity index (χ3v) is 5.13. The second-order valence-corrected chi connectivity index (χ2v) is 7.06. The maximum absolute atomic E-state index is 12.3. The number of hydrogen-bond donors (Lipinski definition) is 2. The van der Waals surface area contributed by atoms with E-state index < -0.39 is 0 Å². The number of methoxy groups -OCH3 is 1. The van der Waals surface area contributed by atoms with Crippen molar-refractivity contribution in [3.63, 3.8) is 0 Å². The summed E-state index contributed by atoms with van der Waals surface area (Å²) in [5, 5.41) is 3.32. The maximum Gasteiger partial charge on any atom is 0.279 e. The highest BCUT2D eigenvalue weighted by atomic mass is 35.5. The summed E-state index contributed by atoms with van der Waals surface area (Å²) in [6, 6.07) is 5.16. The van der Waals surface area contributed by atoms with Crippen LogP contribution in [-0.4, -0.2) is 69.3 Å². The second-order valence-electron chi connectivity index (χ2n) is 6.65. The zero-order valence-corrected chi connectivity index (χ0v) is 15.7. The molecule has 2 saturated heterocycles. The normalized spacial score (nSPS) is 20.8. The summed E-state index contributed by atoms with van der Waals surface area (Å²) >= 11 is 6.08. The molecule has 7 nitrogen and oxygen atoms in total.